The molecule has 13 rings (SSSR count). The molecule has 5 nitrogen and oxygen atoms in total. The van der Waals surface area contributed by atoms with Gasteiger partial charge < -0.3 is 18.5 Å². The second-order valence-electron chi connectivity index (χ2n) is 15.9. The molecular weight excluding hydrogens is 733 g/mol. The standard InChI is InChI=1S/C55H34N4O/c56-33-44-35(36-17-4-9-23-45(36)59-47-25-11-6-19-38(47)41-29-30-42-39-20-8-13-28-51(39)60-55(42)54(41)59)22-14-27-49(44)58-46-24-10-5-18-37(46)40-31-32-50-52(53(40)58)43-21-7-12-26-48(43)57(50)34-15-2-1-3-16-34/h1-32,38,47H. The Bertz CT molecular complexity index is 3700. The third-order valence-corrected chi connectivity index (χ3v) is 12.9. The van der Waals surface area contributed by atoms with Crippen molar-refractivity contribution < 1.29 is 4.42 Å². The molecule has 11 aromatic rings. The summed E-state index contributed by atoms with van der Waals surface area (Å²) >= 11 is 0. The van der Waals surface area contributed by atoms with E-state index in [4.69, 9.17) is 4.42 Å². The number of para-hydroxylation sites is 5. The second-order valence-corrected chi connectivity index (χ2v) is 15.9. The van der Waals surface area contributed by atoms with Gasteiger partial charge in [-0.2, -0.15) is 5.26 Å². The number of hydrogen-bond acceptors (Lipinski definition) is 3. The molecule has 1 aliphatic carbocycles. The van der Waals surface area contributed by atoms with Gasteiger partial charge in [-0.15, -0.1) is 0 Å². The lowest BCUT2D eigenvalue weighted by Crippen LogP contribution is -2.29. The maximum atomic E-state index is 11.4. The fourth-order valence-electron chi connectivity index (χ4n) is 10.5. The number of aromatic nitrogens is 2. The molecule has 60 heavy (non-hydrogen) atoms. The SMILES string of the molecule is N#Cc1c(-c2ccccc2N2c3c(ccc4c3oc3ccccc34)C3C=CC=CC32)cccc1-n1c2ccccc2c2ccc3c(c4ccccc4n3-c3ccccc3)c21. The first kappa shape index (κ1) is 33.0. The average molecular weight is 767 g/mol. The largest absolute Gasteiger partial charge is 0.454 e. The zero-order chi connectivity index (χ0) is 39.5. The Kier molecular flexibility index (Phi) is 6.85. The van der Waals surface area contributed by atoms with Crippen LogP contribution in [-0.2, 0) is 0 Å². The van der Waals surface area contributed by atoms with E-state index in [1.54, 1.807) is 0 Å². The number of hydrogen-bond donors (Lipinski definition) is 0. The van der Waals surface area contributed by atoms with Crippen molar-refractivity contribution in [2.75, 3.05) is 4.90 Å². The number of allylic oxidation sites excluding steroid dienone is 2. The van der Waals surface area contributed by atoms with Crippen LogP contribution in [0.5, 0.6) is 0 Å². The molecular formula is C55H34N4O. The van der Waals surface area contributed by atoms with Crippen LogP contribution in [0.15, 0.2) is 199 Å². The smallest absolute Gasteiger partial charge is 0.159 e. The summed E-state index contributed by atoms with van der Waals surface area (Å²) in [6, 6.07) is 62.8. The van der Waals surface area contributed by atoms with Crippen LogP contribution in [-0.4, -0.2) is 15.2 Å². The number of nitrogens with zero attached hydrogens (tertiary/aromatic N) is 4. The second kappa shape index (κ2) is 12.5. The Morgan fingerprint density at radius 1 is 0.500 bits per heavy atom. The van der Waals surface area contributed by atoms with Gasteiger partial charge in [0, 0.05) is 60.7 Å². The zero-order valence-corrected chi connectivity index (χ0v) is 32.3. The van der Waals surface area contributed by atoms with Crippen molar-refractivity contribution in [3.8, 4) is 28.6 Å². The summed E-state index contributed by atoms with van der Waals surface area (Å²) < 4.78 is 11.4. The Hall–Kier alpha value is -8.07. The van der Waals surface area contributed by atoms with Gasteiger partial charge in [0.1, 0.15) is 11.7 Å². The zero-order valence-electron chi connectivity index (χ0n) is 32.3. The molecule has 0 fully saturated rings. The van der Waals surface area contributed by atoms with Gasteiger partial charge in [0.2, 0.25) is 0 Å². The van der Waals surface area contributed by atoms with Gasteiger partial charge in [0.25, 0.3) is 0 Å². The molecule has 0 amide bonds. The molecule has 1 aliphatic heterocycles. The molecule has 2 aliphatic rings. The van der Waals surface area contributed by atoms with Gasteiger partial charge in [0.15, 0.2) is 5.58 Å². The molecule has 8 aromatic carbocycles. The van der Waals surface area contributed by atoms with E-state index in [2.05, 4.69) is 202 Å². The molecule has 0 bridgehead atoms. The molecule has 2 unspecified atom stereocenters. The summed E-state index contributed by atoms with van der Waals surface area (Å²) in [6.07, 6.45) is 8.91. The summed E-state index contributed by atoms with van der Waals surface area (Å²) in [5.41, 5.74) is 14.0. The van der Waals surface area contributed by atoms with E-state index in [0.29, 0.717) is 5.56 Å². The summed E-state index contributed by atoms with van der Waals surface area (Å²) in [6.45, 7) is 0. The van der Waals surface area contributed by atoms with E-state index in [1.807, 2.05) is 12.1 Å². The topological polar surface area (TPSA) is 50.0 Å². The highest BCUT2D eigenvalue weighted by Crippen LogP contribution is 2.54. The minimum absolute atomic E-state index is 0.0335. The lowest BCUT2D eigenvalue weighted by atomic mass is 9.91. The third kappa shape index (κ3) is 4.39. The molecule has 0 radical (unpaired) electrons. The van der Waals surface area contributed by atoms with Crippen LogP contribution in [0.3, 0.4) is 0 Å². The Labute approximate surface area is 345 Å². The van der Waals surface area contributed by atoms with Gasteiger partial charge in [-0.1, -0.05) is 146 Å². The Balaban J connectivity index is 1.09. The first-order valence-corrected chi connectivity index (χ1v) is 20.5. The molecule has 0 N–H and O–H groups in total. The van der Waals surface area contributed by atoms with Crippen molar-refractivity contribution in [1.82, 2.24) is 9.13 Å². The highest BCUT2D eigenvalue weighted by molar-refractivity contribution is 6.26. The maximum Gasteiger partial charge on any atom is 0.159 e. The molecule has 4 heterocycles. The van der Waals surface area contributed by atoms with Crippen molar-refractivity contribution in [3.63, 3.8) is 0 Å². The highest BCUT2D eigenvalue weighted by Gasteiger charge is 2.41. The summed E-state index contributed by atoms with van der Waals surface area (Å²) in [5, 5.41) is 18.3. The quantitative estimate of drug-likeness (QED) is 0.179. The summed E-state index contributed by atoms with van der Waals surface area (Å²) in [4.78, 5) is 2.45. The van der Waals surface area contributed by atoms with E-state index in [1.165, 1.54) is 10.9 Å². The fourth-order valence-corrected chi connectivity index (χ4v) is 10.5. The third-order valence-electron chi connectivity index (χ3n) is 12.9. The predicted octanol–water partition coefficient (Wildman–Crippen LogP) is 14.0. The van der Waals surface area contributed by atoms with Crippen molar-refractivity contribution in [2.45, 2.75) is 12.0 Å². The van der Waals surface area contributed by atoms with Crippen LogP contribution in [0.1, 0.15) is 17.0 Å². The number of rotatable bonds is 4. The van der Waals surface area contributed by atoms with Gasteiger partial charge in [0.05, 0.1) is 45.0 Å². The monoisotopic (exact) mass is 766 g/mol. The van der Waals surface area contributed by atoms with Crippen LogP contribution < -0.4 is 4.90 Å². The van der Waals surface area contributed by atoms with Crippen LogP contribution in [0.2, 0.25) is 0 Å². The normalized spacial score (nSPS) is 15.8. The molecule has 0 saturated carbocycles. The summed E-state index contributed by atoms with van der Waals surface area (Å²) in [5.74, 6) is 0.149. The fraction of sp³-hybridized carbons (Fsp3) is 0.0364. The number of nitriles is 1. The molecule has 5 heteroatoms. The molecule has 0 spiro atoms. The number of benzene rings is 8. The van der Waals surface area contributed by atoms with Crippen molar-refractivity contribution in [1.29, 1.82) is 5.26 Å². The lowest BCUT2D eigenvalue weighted by molar-refractivity contribution is 0.667. The maximum absolute atomic E-state index is 11.4. The van der Waals surface area contributed by atoms with Gasteiger partial charge in [-0.05, 0) is 54.1 Å². The Morgan fingerprint density at radius 3 is 2.05 bits per heavy atom. The van der Waals surface area contributed by atoms with Gasteiger partial charge in [-0.3, -0.25) is 0 Å². The van der Waals surface area contributed by atoms with Gasteiger partial charge >= 0.3 is 0 Å². The number of fused-ring (bicyclic) bond motifs is 14. The molecule has 0 saturated heterocycles. The van der Waals surface area contributed by atoms with Crippen molar-refractivity contribution >= 4 is 76.9 Å². The van der Waals surface area contributed by atoms with Crippen LogP contribution in [0, 0.1) is 11.3 Å². The lowest BCUT2D eigenvalue weighted by Gasteiger charge is -2.30. The highest BCUT2D eigenvalue weighted by atomic mass is 16.3. The minimum Gasteiger partial charge on any atom is -0.454 e. The van der Waals surface area contributed by atoms with Crippen molar-refractivity contribution in [2.24, 2.45) is 0 Å². The van der Waals surface area contributed by atoms with E-state index < -0.39 is 0 Å². The van der Waals surface area contributed by atoms with E-state index in [0.717, 1.165) is 94.0 Å². The predicted molar refractivity (Wildman–Crippen MR) is 246 cm³/mol. The summed E-state index contributed by atoms with van der Waals surface area (Å²) in [7, 11) is 0. The first-order chi connectivity index (χ1) is 29.8. The molecule has 3 aromatic heterocycles. The van der Waals surface area contributed by atoms with E-state index in [9.17, 15) is 5.26 Å². The van der Waals surface area contributed by atoms with E-state index in [-0.39, 0.29) is 12.0 Å². The van der Waals surface area contributed by atoms with Crippen LogP contribution >= 0.6 is 0 Å². The number of anilines is 2. The minimum atomic E-state index is 0.0335. The molecule has 280 valence electrons. The molecule has 2 atom stereocenters. The Morgan fingerprint density at radius 2 is 1.18 bits per heavy atom. The average Bonchev–Trinajstić information content (AvgIpc) is 4.05. The first-order valence-electron chi connectivity index (χ1n) is 20.5. The van der Waals surface area contributed by atoms with Crippen LogP contribution in [0.4, 0.5) is 11.4 Å². The van der Waals surface area contributed by atoms with Crippen molar-refractivity contribution in [3.05, 3.63) is 205 Å². The van der Waals surface area contributed by atoms with Crippen LogP contribution in [0.25, 0.3) is 88.1 Å². The van der Waals surface area contributed by atoms with E-state index >= 15 is 0 Å². The number of furan rings is 1. The van der Waals surface area contributed by atoms with Gasteiger partial charge in [-0.25, -0.2) is 0 Å².